The summed E-state index contributed by atoms with van der Waals surface area (Å²) in [6.07, 6.45) is 1.62. The molecule has 0 spiro atoms. The van der Waals surface area contributed by atoms with Crippen LogP contribution < -0.4 is 5.32 Å². The molecule has 0 aliphatic heterocycles. The summed E-state index contributed by atoms with van der Waals surface area (Å²) in [7, 11) is 0. The summed E-state index contributed by atoms with van der Waals surface area (Å²) in [6.45, 7) is 9.35. The molecular formula is C13H26N2O3. The van der Waals surface area contributed by atoms with Gasteiger partial charge in [0.1, 0.15) is 0 Å². The van der Waals surface area contributed by atoms with Gasteiger partial charge in [0.2, 0.25) is 0 Å². The zero-order valence-electron chi connectivity index (χ0n) is 11.9. The maximum atomic E-state index is 12.0. The van der Waals surface area contributed by atoms with E-state index in [9.17, 15) is 9.59 Å². The molecule has 0 saturated carbocycles. The lowest BCUT2D eigenvalue weighted by Crippen LogP contribution is -2.46. The summed E-state index contributed by atoms with van der Waals surface area (Å²) in [5.74, 6) is -0.428. The van der Waals surface area contributed by atoms with Crippen LogP contribution in [0.5, 0.6) is 0 Å². The summed E-state index contributed by atoms with van der Waals surface area (Å²) in [6, 6.07) is -0.452. The third kappa shape index (κ3) is 6.47. The molecule has 0 rings (SSSR count). The van der Waals surface area contributed by atoms with E-state index >= 15 is 0 Å². The number of carbonyl (C=O) groups is 2. The van der Waals surface area contributed by atoms with Crippen molar-refractivity contribution in [3.05, 3.63) is 0 Å². The fourth-order valence-electron chi connectivity index (χ4n) is 1.64. The number of amides is 2. The van der Waals surface area contributed by atoms with Gasteiger partial charge in [-0.2, -0.15) is 0 Å². The first-order valence-electron chi connectivity index (χ1n) is 6.71. The topological polar surface area (TPSA) is 69.6 Å². The molecule has 0 radical (unpaired) electrons. The van der Waals surface area contributed by atoms with E-state index in [2.05, 4.69) is 19.2 Å². The molecule has 0 aromatic rings. The van der Waals surface area contributed by atoms with Crippen LogP contribution in [0.3, 0.4) is 0 Å². The number of nitrogens with zero attached hydrogens (tertiary/aromatic N) is 1. The lowest BCUT2D eigenvalue weighted by molar-refractivity contribution is -0.137. The lowest BCUT2D eigenvalue weighted by atomic mass is 10.1. The molecule has 0 heterocycles. The zero-order chi connectivity index (χ0) is 14.1. The van der Waals surface area contributed by atoms with Gasteiger partial charge in [-0.1, -0.05) is 27.2 Å². The van der Waals surface area contributed by atoms with Gasteiger partial charge in [0.05, 0.1) is 6.42 Å². The number of nitrogens with one attached hydrogen (secondary N) is 1. The fraction of sp³-hybridized carbons (Fsp3) is 0.846. The molecule has 5 heteroatoms. The number of urea groups is 1. The summed E-state index contributed by atoms with van der Waals surface area (Å²) in [5, 5.41) is 11.5. The number of carboxylic acid groups (broad SMARTS) is 1. The smallest absolute Gasteiger partial charge is 0.317 e. The molecule has 0 saturated heterocycles. The van der Waals surface area contributed by atoms with Crippen molar-refractivity contribution < 1.29 is 14.7 Å². The first-order chi connectivity index (χ1) is 8.44. The Kier molecular flexibility index (Phi) is 8.16. The van der Waals surface area contributed by atoms with E-state index in [1.54, 1.807) is 4.90 Å². The van der Waals surface area contributed by atoms with Gasteiger partial charge in [-0.15, -0.1) is 0 Å². The third-order valence-electron chi connectivity index (χ3n) is 3.14. The molecule has 106 valence electrons. The molecular weight excluding hydrogens is 232 g/mol. The number of rotatable bonds is 8. The predicted molar refractivity (Wildman–Crippen MR) is 71.6 cm³/mol. The summed E-state index contributed by atoms with van der Waals surface area (Å²) in [4.78, 5) is 24.4. The molecule has 2 atom stereocenters. The van der Waals surface area contributed by atoms with E-state index in [0.717, 1.165) is 6.42 Å². The molecule has 2 N–H and O–H groups in total. The molecule has 2 unspecified atom stereocenters. The Hall–Kier alpha value is -1.26. The second-order valence-electron chi connectivity index (χ2n) is 4.70. The van der Waals surface area contributed by atoms with Crippen molar-refractivity contribution in [2.24, 2.45) is 5.92 Å². The van der Waals surface area contributed by atoms with E-state index in [4.69, 9.17) is 5.11 Å². The van der Waals surface area contributed by atoms with Gasteiger partial charge in [-0.05, 0) is 19.3 Å². The molecule has 5 nitrogen and oxygen atoms in total. The van der Waals surface area contributed by atoms with Crippen molar-refractivity contribution in [3.8, 4) is 0 Å². The van der Waals surface area contributed by atoms with E-state index < -0.39 is 5.97 Å². The molecule has 0 aromatic heterocycles. The highest BCUT2D eigenvalue weighted by Crippen LogP contribution is 2.06. The lowest BCUT2D eigenvalue weighted by Gasteiger charge is -2.26. The predicted octanol–water partition coefficient (Wildman–Crippen LogP) is 2.32. The van der Waals surface area contributed by atoms with E-state index in [-0.39, 0.29) is 18.5 Å². The van der Waals surface area contributed by atoms with Crippen molar-refractivity contribution >= 4 is 12.0 Å². The van der Waals surface area contributed by atoms with Crippen LogP contribution in [-0.2, 0) is 4.79 Å². The van der Waals surface area contributed by atoms with Crippen LogP contribution in [0.4, 0.5) is 4.79 Å². The molecule has 0 fully saturated rings. The van der Waals surface area contributed by atoms with Crippen molar-refractivity contribution in [1.82, 2.24) is 10.2 Å². The van der Waals surface area contributed by atoms with Crippen LogP contribution in [0, 0.1) is 5.92 Å². The van der Waals surface area contributed by atoms with E-state index in [1.165, 1.54) is 0 Å². The van der Waals surface area contributed by atoms with Crippen LogP contribution >= 0.6 is 0 Å². The number of aliphatic carboxylic acids is 1. The van der Waals surface area contributed by atoms with Gasteiger partial charge >= 0.3 is 12.0 Å². The Labute approximate surface area is 110 Å². The maximum absolute atomic E-state index is 12.0. The van der Waals surface area contributed by atoms with Gasteiger partial charge in [0, 0.05) is 19.1 Å². The van der Waals surface area contributed by atoms with Crippen LogP contribution in [-0.4, -0.2) is 41.1 Å². The zero-order valence-corrected chi connectivity index (χ0v) is 11.9. The van der Waals surface area contributed by atoms with E-state index in [0.29, 0.717) is 25.4 Å². The van der Waals surface area contributed by atoms with Crippen molar-refractivity contribution in [2.45, 2.75) is 53.0 Å². The van der Waals surface area contributed by atoms with Crippen LogP contribution in [0.1, 0.15) is 47.0 Å². The normalized spacial score (nSPS) is 13.8. The van der Waals surface area contributed by atoms with Crippen molar-refractivity contribution in [3.63, 3.8) is 0 Å². The Morgan fingerprint density at radius 2 is 1.83 bits per heavy atom. The first-order valence-corrected chi connectivity index (χ1v) is 6.71. The highest BCUT2D eigenvalue weighted by Gasteiger charge is 2.18. The average molecular weight is 258 g/mol. The van der Waals surface area contributed by atoms with E-state index in [1.807, 2.05) is 13.8 Å². The number of hydrogen-bond donors (Lipinski definition) is 2. The molecule has 2 amide bonds. The monoisotopic (exact) mass is 258 g/mol. The second kappa shape index (κ2) is 8.78. The fourth-order valence-corrected chi connectivity index (χ4v) is 1.64. The summed E-state index contributed by atoms with van der Waals surface area (Å²) >= 11 is 0. The van der Waals surface area contributed by atoms with Gasteiger partial charge in [0.25, 0.3) is 0 Å². The number of carboxylic acids is 1. The SMILES string of the molecule is CCC(C)CN(CC)C(=O)NC(CC)CC(=O)O. The highest BCUT2D eigenvalue weighted by molar-refractivity contribution is 5.75. The Balaban J connectivity index is 4.36. The minimum absolute atomic E-state index is 0.0247. The molecule has 0 aromatic carbocycles. The minimum Gasteiger partial charge on any atom is -0.481 e. The summed E-state index contributed by atoms with van der Waals surface area (Å²) in [5.41, 5.74) is 0. The molecule has 0 bridgehead atoms. The standard InChI is InChI=1S/C13H26N2O3/c1-5-10(4)9-15(7-3)13(18)14-11(6-2)8-12(16)17/h10-11H,5-9H2,1-4H3,(H,14,18)(H,16,17). The Bertz CT molecular complexity index is 269. The molecule has 0 aliphatic rings. The molecule has 18 heavy (non-hydrogen) atoms. The minimum atomic E-state index is -0.882. The quantitative estimate of drug-likeness (QED) is 0.702. The molecule has 0 aliphatic carbocycles. The maximum Gasteiger partial charge on any atom is 0.317 e. The van der Waals surface area contributed by atoms with Crippen molar-refractivity contribution in [1.29, 1.82) is 0 Å². The summed E-state index contributed by atoms with van der Waals surface area (Å²) < 4.78 is 0. The highest BCUT2D eigenvalue weighted by atomic mass is 16.4. The number of hydrogen-bond acceptors (Lipinski definition) is 2. The average Bonchev–Trinajstić information content (AvgIpc) is 2.33. The van der Waals surface area contributed by atoms with Gasteiger partial charge in [-0.25, -0.2) is 4.79 Å². The van der Waals surface area contributed by atoms with Gasteiger partial charge in [-0.3, -0.25) is 4.79 Å². The third-order valence-corrected chi connectivity index (χ3v) is 3.14. The van der Waals surface area contributed by atoms with Gasteiger partial charge < -0.3 is 15.3 Å². The number of carbonyl (C=O) groups excluding carboxylic acids is 1. The first kappa shape index (κ1) is 16.7. The Morgan fingerprint density at radius 3 is 2.22 bits per heavy atom. The van der Waals surface area contributed by atoms with Crippen LogP contribution in [0.25, 0.3) is 0 Å². The van der Waals surface area contributed by atoms with Crippen LogP contribution in [0.2, 0.25) is 0 Å². The largest absolute Gasteiger partial charge is 0.481 e. The van der Waals surface area contributed by atoms with Gasteiger partial charge in [0.15, 0.2) is 0 Å². The second-order valence-corrected chi connectivity index (χ2v) is 4.70. The van der Waals surface area contributed by atoms with Crippen molar-refractivity contribution in [2.75, 3.05) is 13.1 Å². The Morgan fingerprint density at radius 1 is 1.22 bits per heavy atom. The van der Waals surface area contributed by atoms with Crippen LogP contribution in [0.15, 0.2) is 0 Å².